The molecule has 0 saturated carbocycles. The van der Waals surface area contributed by atoms with Crippen molar-refractivity contribution in [2.75, 3.05) is 5.32 Å². The number of anilines is 1. The van der Waals surface area contributed by atoms with Crippen molar-refractivity contribution < 1.29 is 8.94 Å². The van der Waals surface area contributed by atoms with Crippen LogP contribution in [0.15, 0.2) is 74.1 Å². The van der Waals surface area contributed by atoms with E-state index < -0.39 is 0 Å². The van der Waals surface area contributed by atoms with E-state index in [1.54, 1.807) is 6.92 Å². The number of hydrogen-bond acceptors (Lipinski definition) is 5. The molecule has 4 rings (SSSR count). The molecule has 0 aliphatic rings. The maximum absolute atomic E-state index is 5.93. The Kier molecular flexibility index (Phi) is 4.58. The lowest BCUT2D eigenvalue weighted by molar-refractivity contribution is 0.394. The highest BCUT2D eigenvalue weighted by Gasteiger charge is 2.07. The van der Waals surface area contributed by atoms with Gasteiger partial charge in [0.1, 0.15) is 11.5 Å². The van der Waals surface area contributed by atoms with Crippen LogP contribution in [0.2, 0.25) is 0 Å². The Balaban J connectivity index is 1.41. The lowest BCUT2D eigenvalue weighted by atomic mass is 10.2. The van der Waals surface area contributed by atoms with Crippen LogP contribution in [0.5, 0.6) is 0 Å². The minimum absolute atomic E-state index is 0.557. The summed E-state index contributed by atoms with van der Waals surface area (Å²) < 4.78 is 12.0. The zero-order chi connectivity index (χ0) is 17.9. The third-order valence-corrected chi connectivity index (χ3v) is 4.40. The van der Waals surface area contributed by atoms with Crippen LogP contribution < -0.4 is 5.32 Å². The maximum Gasteiger partial charge on any atom is 0.223 e. The minimum atomic E-state index is 0.557. The average Bonchev–Trinajstić information content (AvgIpc) is 3.30. The second-order valence-electron chi connectivity index (χ2n) is 5.84. The van der Waals surface area contributed by atoms with Gasteiger partial charge in [0.25, 0.3) is 0 Å². The molecule has 0 aliphatic carbocycles. The van der Waals surface area contributed by atoms with Gasteiger partial charge in [0, 0.05) is 28.2 Å². The molecule has 0 aliphatic heterocycles. The molecule has 0 unspecified atom stereocenters. The highest BCUT2D eigenvalue weighted by Crippen LogP contribution is 2.25. The predicted molar refractivity (Wildman–Crippen MR) is 104 cm³/mol. The van der Waals surface area contributed by atoms with Gasteiger partial charge in [-0.2, -0.15) is 4.98 Å². The van der Waals surface area contributed by atoms with Crippen LogP contribution in [-0.2, 0) is 6.54 Å². The normalized spacial score (nSPS) is 10.8. The number of hydrogen-bond donors (Lipinski definition) is 1. The molecular formula is C20H16BrN3O2. The van der Waals surface area contributed by atoms with Crippen LogP contribution in [0.3, 0.4) is 0 Å². The van der Waals surface area contributed by atoms with Gasteiger partial charge in [0.15, 0.2) is 0 Å². The fourth-order valence-electron chi connectivity index (χ4n) is 2.61. The van der Waals surface area contributed by atoms with Crippen molar-refractivity contribution in [3.05, 3.63) is 76.8 Å². The van der Waals surface area contributed by atoms with E-state index in [2.05, 4.69) is 31.4 Å². The van der Waals surface area contributed by atoms with Gasteiger partial charge in [0.2, 0.25) is 11.7 Å². The van der Waals surface area contributed by atoms with E-state index in [1.807, 2.05) is 60.7 Å². The van der Waals surface area contributed by atoms with E-state index in [4.69, 9.17) is 8.94 Å². The van der Waals surface area contributed by atoms with Gasteiger partial charge >= 0.3 is 0 Å². The Morgan fingerprint density at radius 1 is 1.00 bits per heavy atom. The van der Waals surface area contributed by atoms with E-state index in [0.29, 0.717) is 18.3 Å². The number of nitrogens with zero attached hydrogens (tertiary/aromatic N) is 2. The van der Waals surface area contributed by atoms with Crippen LogP contribution in [0.25, 0.3) is 22.7 Å². The van der Waals surface area contributed by atoms with Crippen molar-refractivity contribution >= 4 is 21.6 Å². The van der Waals surface area contributed by atoms with Crippen LogP contribution >= 0.6 is 15.9 Å². The molecule has 0 spiro atoms. The summed E-state index contributed by atoms with van der Waals surface area (Å²) >= 11 is 3.48. The number of rotatable bonds is 5. The Bertz CT molecular complexity index is 1020. The molecule has 2 heterocycles. The SMILES string of the molecule is Cc1nc(-c2ccc(NCc3ccc(-c4cccc(Br)c4)o3)cc2)no1. The van der Waals surface area contributed by atoms with E-state index in [0.717, 1.165) is 32.8 Å². The number of benzene rings is 2. The number of aromatic nitrogens is 2. The molecule has 2 aromatic carbocycles. The fourth-order valence-corrected chi connectivity index (χ4v) is 3.01. The topological polar surface area (TPSA) is 64.1 Å². The largest absolute Gasteiger partial charge is 0.459 e. The summed E-state index contributed by atoms with van der Waals surface area (Å²) in [5, 5.41) is 7.28. The van der Waals surface area contributed by atoms with Crippen LogP contribution in [-0.4, -0.2) is 10.1 Å². The van der Waals surface area contributed by atoms with Gasteiger partial charge in [0.05, 0.1) is 6.54 Å². The molecule has 0 atom stereocenters. The van der Waals surface area contributed by atoms with Gasteiger partial charge in [-0.15, -0.1) is 0 Å². The first-order valence-corrected chi connectivity index (χ1v) is 8.96. The summed E-state index contributed by atoms with van der Waals surface area (Å²) in [6, 6.07) is 19.9. The van der Waals surface area contributed by atoms with Crippen LogP contribution in [0, 0.1) is 6.92 Å². The highest BCUT2D eigenvalue weighted by molar-refractivity contribution is 9.10. The van der Waals surface area contributed by atoms with Gasteiger partial charge in [-0.1, -0.05) is 33.2 Å². The molecule has 0 fully saturated rings. The minimum Gasteiger partial charge on any atom is -0.459 e. The predicted octanol–water partition coefficient (Wildman–Crippen LogP) is 5.68. The molecule has 0 saturated heterocycles. The standard InChI is InChI=1S/C20H16BrN3O2/c1-13-23-20(24-26-13)14-5-7-17(8-6-14)22-12-18-9-10-19(25-18)15-3-2-4-16(21)11-15/h2-11,22H,12H2,1H3. The third-order valence-electron chi connectivity index (χ3n) is 3.91. The molecule has 5 nitrogen and oxygen atoms in total. The molecule has 0 bridgehead atoms. The summed E-state index contributed by atoms with van der Waals surface area (Å²) in [5.74, 6) is 2.88. The van der Waals surface area contributed by atoms with Gasteiger partial charge in [-0.25, -0.2) is 0 Å². The van der Waals surface area contributed by atoms with Crippen molar-refractivity contribution in [3.63, 3.8) is 0 Å². The van der Waals surface area contributed by atoms with Gasteiger partial charge in [-0.3, -0.25) is 0 Å². The molecule has 0 radical (unpaired) electrons. The Labute approximate surface area is 159 Å². The average molecular weight is 410 g/mol. The van der Waals surface area contributed by atoms with Crippen molar-refractivity contribution in [3.8, 4) is 22.7 Å². The molecule has 4 aromatic rings. The summed E-state index contributed by atoms with van der Waals surface area (Å²) in [7, 11) is 0. The van der Waals surface area contributed by atoms with Crippen molar-refractivity contribution in [1.82, 2.24) is 10.1 Å². The molecular weight excluding hydrogens is 394 g/mol. The highest BCUT2D eigenvalue weighted by atomic mass is 79.9. The number of furan rings is 1. The molecule has 0 amide bonds. The molecule has 130 valence electrons. The summed E-state index contributed by atoms with van der Waals surface area (Å²) in [6.07, 6.45) is 0. The Morgan fingerprint density at radius 2 is 1.85 bits per heavy atom. The lowest BCUT2D eigenvalue weighted by Crippen LogP contribution is -1.97. The fraction of sp³-hybridized carbons (Fsp3) is 0.100. The molecule has 2 aromatic heterocycles. The third kappa shape index (κ3) is 3.70. The first-order chi connectivity index (χ1) is 12.7. The zero-order valence-electron chi connectivity index (χ0n) is 14.1. The molecule has 1 N–H and O–H groups in total. The van der Waals surface area contributed by atoms with E-state index >= 15 is 0 Å². The zero-order valence-corrected chi connectivity index (χ0v) is 15.7. The second-order valence-corrected chi connectivity index (χ2v) is 6.76. The van der Waals surface area contributed by atoms with Crippen LogP contribution in [0.4, 0.5) is 5.69 Å². The lowest BCUT2D eigenvalue weighted by Gasteiger charge is -2.05. The van der Waals surface area contributed by atoms with Gasteiger partial charge in [-0.05, 0) is 48.5 Å². The first kappa shape index (κ1) is 16.6. The number of nitrogens with one attached hydrogen (secondary N) is 1. The van der Waals surface area contributed by atoms with Crippen molar-refractivity contribution in [2.24, 2.45) is 0 Å². The maximum atomic E-state index is 5.93. The smallest absolute Gasteiger partial charge is 0.223 e. The van der Waals surface area contributed by atoms with Crippen molar-refractivity contribution in [1.29, 1.82) is 0 Å². The molecule has 26 heavy (non-hydrogen) atoms. The summed E-state index contributed by atoms with van der Waals surface area (Å²) in [4.78, 5) is 4.23. The van der Waals surface area contributed by atoms with E-state index in [-0.39, 0.29) is 0 Å². The van der Waals surface area contributed by atoms with E-state index in [1.165, 1.54) is 0 Å². The number of halogens is 1. The van der Waals surface area contributed by atoms with Crippen molar-refractivity contribution in [2.45, 2.75) is 13.5 Å². The molecule has 6 heteroatoms. The monoisotopic (exact) mass is 409 g/mol. The van der Waals surface area contributed by atoms with Crippen LogP contribution in [0.1, 0.15) is 11.7 Å². The quantitative estimate of drug-likeness (QED) is 0.459. The van der Waals surface area contributed by atoms with E-state index in [9.17, 15) is 0 Å². The second kappa shape index (κ2) is 7.17. The first-order valence-electron chi connectivity index (χ1n) is 8.17. The Morgan fingerprint density at radius 3 is 2.58 bits per heavy atom. The number of aryl methyl sites for hydroxylation is 1. The Hall–Kier alpha value is -2.86. The summed E-state index contributed by atoms with van der Waals surface area (Å²) in [6.45, 7) is 2.38. The van der Waals surface area contributed by atoms with Gasteiger partial charge < -0.3 is 14.3 Å². The summed E-state index contributed by atoms with van der Waals surface area (Å²) in [5.41, 5.74) is 2.96.